The van der Waals surface area contributed by atoms with Crippen molar-refractivity contribution in [1.29, 1.82) is 0 Å². The summed E-state index contributed by atoms with van der Waals surface area (Å²) < 4.78 is 52.2. The minimum absolute atomic E-state index is 0.0236. The highest BCUT2D eigenvalue weighted by atomic mass is 19.4. The molecule has 3 nitrogen and oxygen atoms in total. The molecule has 2 aromatic rings. The van der Waals surface area contributed by atoms with Gasteiger partial charge in [0.05, 0.1) is 11.8 Å². The van der Waals surface area contributed by atoms with Gasteiger partial charge in [-0.3, -0.25) is 0 Å². The molecule has 1 N–H and O–H groups in total. The van der Waals surface area contributed by atoms with Gasteiger partial charge in [0.2, 0.25) is 0 Å². The normalized spacial score (nSPS) is 12.0. The average Bonchev–Trinajstić information content (AvgIpc) is 2.48. The number of fused-ring (bicyclic) bond motifs is 1. The Balaban J connectivity index is 2.45. The molecule has 1 aromatic carbocycles. The fourth-order valence-corrected chi connectivity index (χ4v) is 1.17. The summed E-state index contributed by atoms with van der Waals surface area (Å²) in [7, 11) is 0. The zero-order valence-corrected chi connectivity index (χ0v) is 7.10. The molecule has 0 spiro atoms. The van der Waals surface area contributed by atoms with E-state index in [0.29, 0.717) is 6.07 Å². The summed E-state index contributed by atoms with van der Waals surface area (Å²) in [4.78, 5) is 6.08. The number of hydrogen-bond acceptors (Lipinski definition) is 2. The van der Waals surface area contributed by atoms with Crippen molar-refractivity contribution < 1.29 is 22.3 Å². The highest BCUT2D eigenvalue weighted by molar-refractivity contribution is 5.76. The van der Waals surface area contributed by atoms with E-state index in [4.69, 9.17) is 0 Å². The Labute approximate surface area is 80.7 Å². The van der Waals surface area contributed by atoms with Crippen LogP contribution >= 0.6 is 0 Å². The van der Waals surface area contributed by atoms with Crippen LogP contribution < -0.4 is 4.74 Å². The number of hydrogen-bond donors (Lipinski definition) is 1. The first-order valence-corrected chi connectivity index (χ1v) is 3.84. The van der Waals surface area contributed by atoms with Crippen molar-refractivity contribution in [3.63, 3.8) is 0 Å². The summed E-state index contributed by atoms with van der Waals surface area (Å²) in [6.45, 7) is 0. The van der Waals surface area contributed by atoms with Crippen LogP contribution in [0.2, 0.25) is 0 Å². The van der Waals surface area contributed by atoms with Crippen LogP contribution in [-0.2, 0) is 0 Å². The largest absolute Gasteiger partial charge is 0.573 e. The zero-order valence-electron chi connectivity index (χ0n) is 7.10. The average molecular weight is 220 g/mol. The third kappa shape index (κ3) is 2.00. The van der Waals surface area contributed by atoms with E-state index >= 15 is 0 Å². The number of aromatic nitrogens is 2. The van der Waals surface area contributed by atoms with Crippen LogP contribution in [0.5, 0.6) is 5.75 Å². The van der Waals surface area contributed by atoms with Crippen molar-refractivity contribution >= 4 is 11.0 Å². The molecule has 15 heavy (non-hydrogen) atoms. The highest BCUT2D eigenvalue weighted by Crippen LogP contribution is 2.26. The van der Waals surface area contributed by atoms with Gasteiger partial charge in [0.1, 0.15) is 11.3 Å². The first-order chi connectivity index (χ1) is 6.96. The van der Waals surface area contributed by atoms with E-state index in [1.807, 2.05) is 0 Å². The fraction of sp³-hybridized carbons (Fsp3) is 0.125. The second-order valence-corrected chi connectivity index (χ2v) is 2.75. The van der Waals surface area contributed by atoms with Gasteiger partial charge in [0.25, 0.3) is 0 Å². The molecular weight excluding hydrogens is 216 g/mol. The van der Waals surface area contributed by atoms with Gasteiger partial charge in [-0.2, -0.15) is 0 Å². The van der Waals surface area contributed by atoms with E-state index in [1.54, 1.807) is 0 Å². The lowest BCUT2D eigenvalue weighted by Crippen LogP contribution is -2.17. The summed E-state index contributed by atoms with van der Waals surface area (Å²) in [6, 6.07) is 1.66. The van der Waals surface area contributed by atoms with E-state index in [2.05, 4.69) is 14.7 Å². The van der Waals surface area contributed by atoms with Crippen molar-refractivity contribution in [2.45, 2.75) is 6.36 Å². The van der Waals surface area contributed by atoms with E-state index in [0.717, 1.165) is 6.07 Å². The quantitative estimate of drug-likeness (QED) is 0.750. The van der Waals surface area contributed by atoms with Crippen molar-refractivity contribution in [2.24, 2.45) is 0 Å². The maximum absolute atomic E-state index is 13.1. The number of ether oxygens (including phenoxy) is 1. The lowest BCUT2D eigenvalue weighted by atomic mass is 10.3. The standard InChI is InChI=1S/C8H4F4N2O/c9-5-1-4(15-8(10,11)12)2-6-7(5)14-3-13-6/h1-3H,(H,13,14). The maximum atomic E-state index is 13.1. The van der Waals surface area contributed by atoms with Crippen LogP contribution in [0, 0.1) is 5.82 Å². The van der Waals surface area contributed by atoms with E-state index in [-0.39, 0.29) is 11.0 Å². The first kappa shape index (κ1) is 9.75. The lowest BCUT2D eigenvalue weighted by Gasteiger charge is -2.08. The number of H-pyrrole nitrogens is 1. The molecule has 0 fully saturated rings. The first-order valence-electron chi connectivity index (χ1n) is 3.84. The Morgan fingerprint density at radius 1 is 1.27 bits per heavy atom. The molecule has 1 aromatic heterocycles. The Kier molecular flexibility index (Phi) is 2.02. The monoisotopic (exact) mass is 220 g/mol. The molecule has 0 bridgehead atoms. The van der Waals surface area contributed by atoms with E-state index < -0.39 is 17.9 Å². The highest BCUT2D eigenvalue weighted by Gasteiger charge is 2.31. The van der Waals surface area contributed by atoms with Gasteiger partial charge in [0, 0.05) is 12.1 Å². The Morgan fingerprint density at radius 2 is 2.00 bits per heavy atom. The third-order valence-corrected chi connectivity index (χ3v) is 1.68. The van der Waals surface area contributed by atoms with Crippen LogP contribution in [0.3, 0.4) is 0 Å². The number of imidazole rings is 1. The summed E-state index contributed by atoms with van der Waals surface area (Å²) >= 11 is 0. The van der Waals surface area contributed by atoms with Gasteiger partial charge in [-0.05, 0) is 0 Å². The SMILES string of the molecule is Fc1cc(OC(F)(F)F)cc2[nH]cnc12. The summed E-state index contributed by atoms with van der Waals surface area (Å²) in [5.74, 6) is -1.48. The van der Waals surface area contributed by atoms with E-state index in [9.17, 15) is 17.6 Å². The Morgan fingerprint density at radius 3 is 2.67 bits per heavy atom. The molecule has 2 rings (SSSR count). The maximum Gasteiger partial charge on any atom is 0.573 e. The van der Waals surface area contributed by atoms with Gasteiger partial charge < -0.3 is 9.72 Å². The van der Waals surface area contributed by atoms with Gasteiger partial charge in [-0.15, -0.1) is 13.2 Å². The molecule has 0 aliphatic rings. The third-order valence-electron chi connectivity index (χ3n) is 1.68. The molecule has 0 saturated heterocycles. The summed E-state index contributed by atoms with van der Waals surface area (Å²) in [6.07, 6.45) is -3.65. The minimum Gasteiger partial charge on any atom is -0.406 e. The number of benzene rings is 1. The van der Waals surface area contributed by atoms with Crippen molar-refractivity contribution in [3.05, 3.63) is 24.3 Å². The molecule has 7 heteroatoms. The van der Waals surface area contributed by atoms with Gasteiger partial charge in [0.15, 0.2) is 5.82 Å². The Hall–Kier alpha value is -1.79. The summed E-state index contributed by atoms with van der Waals surface area (Å²) in [5, 5.41) is 0. The molecule has 0 radical (unpaired) electrons. The molecule has 0 aliphatic heterocycles. The predicted molar refractivity (Wildman–Crippen MR) is 42.7 cm³/mol. The fourth-order valence-electron chi connectivity index (χ4n) is 1.17. The Bertz CT molecular complexity index is 491. The molecule has 0 atom stereocenters. The van der Waals surface area contributed by atoms with Gasteiger partial charge in [-0.1, -0.05) is 0 Å². The lowest BCUT2D eigenvalue weighted by molar-refractivity contribution is -0.274. The van der Waals surface area contributed by atoms with Crippen LogP contribution in [-0.4, -0.2) is 16.3 Å². The molecule has 0 saturated carbocycles. The molecule has 80 valence electrons. The molecule has 0 aliphatic carbocycles. The number of alkyl halides is 3. The molecule has 0 amide bonds. The molecule has 1 heterocycles. The number of nitrogens with one attached hydrogen (secondary N) is 1. The van der Waals surface area contributed by atoms with E-state index in [1.165, 1.54) is 6.33 Å². The second-order valence-electron chi connectivity index (χ2n) is 2.75. The number of halogens is 4. The second kappa shape index (κ2) is 3.11. The van der Waals surface area contributed by atoms with Gasteiger partial charge in [-0.25, -0.2) is 9.37 Å². The number of nitrogens with zero attached hydrogens (tertiary/aromatic N) is 1. The van der Waals surface area contributed by atoms with Crippen molar-refractivity contribution in [2.75, 3.05) is 0 Å². The smallest absolute Gasteiger partial charge is 0.406 e. The zero-order chi connectivity index (χ0) is 11.1. The minimum atomic E-state index is -4.83. The van der Waals surface area contributed by atoms with Crippen molar-refractivity contribution in [1.82, 2.24) is 9.97 Å². The molecular formula is C8H4F4N2O. The topological polar surface area (TPSA) is 37.9 Å². The van der Waals surface area contributed by atoms with Gasteiger partial charge >= 0.3 is 6.36 Å². The van der Waals surface area contributed by atoms with Crippen LogP contribution in [0.25, 0.3) is 11.0 Å². The molecule has 0 unspecified atom stereocenters. The van der Waals surface area contributed by atoms with Crippen LogP contribution in [0.1, 0.15) is 0 Å². The number of aromatic amines is 1. The van der Waals surface area contributed by atoms with Crippen molar-refractivity contribution in [3.8, 4) is 5.75 Å². The predicted octanol–water partition coefficient (Wildman–Crippen LogP) is 2.60. The van der Waals surface area contributed by atoms with Crippen LogP contribution in [0.4, 0.5) is 17.6 Å². The van der Waals surface area contributed by atoms with Crippen LogP contribution in [0.15, 0.2) is 18.5 Å². The number of rotatable bonds is 1. The summed E-state index contributed by atoms with van der Waals surface area (Å²) in [5.41, 5.74) is 0.124.